The van der Waals surface area contributed by atoms with Gasteiger partial charge in [-0.05, 0) is 13.8 Å². The molecule has 0 aliphatic heterocycles. The zero-order valence-electron chi connectivity index (χ0n) is 10.7. The Balaban J connectivity index is 2.96. The van der Waals surface area contributed by atoms with E-state index in [0.29, 0.717) is 5.56 Å². The van der Waals surface area contributed by atoms with Crippen LogP contribution in [0.4, 0.5) is 0 Å². The Morgan fingerprint density at radius 3 is 2.61 bits per heavy atom. The van der Waals surface area contributed by atoms with Crippen molar-refractivity contribution >= 4 is 11.4 Å². The van der Waals surface area contributed by atoms with Crippen LogP contribution in [0, 0.1) is 11.3 Å². The van der Waals surface area contributed by atoms with Gasteiger partial charge in [-0.2, -0.15) is 5.26 Å². The first kappa shape index (κ1) is 13.7. The molecular formula is C13H15N3O2. The van der Waals surface area contributed by atoms with Crippen LogP contribution in [-0.2, 0) is 16.3 Å². The number of hydrogen-bond acceptors (Lipinski definition) is 5. The molecule has 0 N–H and O–H groups in total. The van der Waals surface area contributed by atoms with Crippen LogP contribution in [0.15, 0.2) is 34.6 Å². The van der Waals surface area contributed by atoms with Crippen molar-refractivity contribution in [2.24, 2.45) is 10.3 Å². The average molecular weight is 245 g/mol. The zero-order chi connectivity index (χ0) is 13.4. The molecule has 0 aliphatic carbocycles. The molecular weight excluding hydrogens is 230 g/mol. The van der Waals surface area contributed by atoms with E-state index < -0.39 is 0 Å². The third-order valence-electron chi connectivity index (χ3n) is 2.03. The van der Waals surface area contributed by atoms with Crippen LogP contribution in [0.1, 0.15) is 25.0 Å². The Hall–Kier alpha value is -2.35. The molecule has 94 valence electrons. The number of rotatable bonds is 5. The maximum atomic E-state index is 9.02. The zero-order valence-corrected chi connectivity index (χ0v) is 10.7. The van der Waals surface area contributed by atoms with E-state index in [-0.39, 0.29) is 12.3 Å². The maximum absolute atomic E-state index is 9.02. The SMILES string of the molecule is CO/N=C(\C#N)c1ccccc1CON=C(C)C. The molecule has 0 aliphatic rings. The van der Waals surface area contributed by atoms with E-state index >= 15 is 0 Å². The fraction of sp³-hybridized carbons (Fsp3) is 0.308. The van der Waals surface area contributed by atoms with Crippen LogP contribution in [0.5, 0.6) is 0 Å². The summed E-state index contributed by atoms with van der Waals surface area (Å²) in [5.74, 6) is 0. The third-order valence-corrected chi connectivity index (χ3v) is 2.03. The minimum absolute atomic E-state index is 0.217. The van der Waals surface area contributed by atoms with E-state index in [0.717, 1.165) is 11.3 Å². The average Bonchev–Trinajstić information content (AvgIpc) is 2.36. The van der Waals surface area contributed by atoms with Crippen LogP contribution in [0.25, 0.3) is 0 Å². The highest BCUT2D eigenvalue weighted by Crippen LogP contribution is 2.12. The molecule has 1 rings (SSSR count). The molecule has 5 heteroatoms. The van der Waals surface area contributed by atoms with Crippen molar-refractivity contribution in [1.29, 1.82) is 5.26 Å². The molecule has 0 radical (unpaired) electrons. The molecule has 0 amide bonds. The van der Waals surface area contributed by atoms with E-state index in [1.165, 1.54) is 7.11 Å². The van der Waals surface area contributed by atoms with Gasteiger partial charge in [-0.25, -0.2) is 0 Å². The molecule has 0 aromatic heterocycles. The van der Waals surface area contributed by atoms with E-state index in [1.54, 1.807) is 6.07 Å². The summed E-state index contributed by atoms with van der Waals surface area (Å²) in [7, 11) is 1.40. The highest BCUT2D eigenvalue weighted by Gasteiger charge is 2.09. The van der Waals surface area contributed by atoms with Crippen LogP contribution in [0.3, 0.4) is 0 Å². The third kappa shape index (κ3) is 3.91. The highest BCUT2D eigenvalue weighted by atomic mass is 16.6. The van der Waals surface area contributed by atoms with Gasteiger partial charge in [0.15, 0.2) is 5.71 Å². The van der Waals surface area contributed by atoms with Crippen molar-refractivity contribution in [3.8, 4) is 6.07 Å². The van der Waals surface area contributed by atoms with Gasteiger partial charge in [0.25, 0.3) is 0 Å². The number of nitrogens with zero attached hydrogens (tertiary/aromatic N) is 3. The molecule has 0 bridgehead atoms. The van der Waals surface area contributed by atoms with Crippen LogP contribution < -0.4 is 0 Å². The number of hydrogen-bond donors (Lipinski definition) is 0. The lowest BCUT2D eigenvalue weighted by atomic mass is 10.0. The second-order valence-corrected chi connectivity index (χ2v) is 3.70. The second kappa shape index (κ2) is 7.07. The van der Waals surface area contributed by atoms with Crippen molar-refractivity contribution in [2.75, 3.05) is 7.11 Å². The standard InChI is InChI=1S/C13H15N3O2/c1-10(2)15-18-9-11-6-4-5-7-12(11)13(8-14)16-17-3/h4-7H,9H2,1-3H3/b16-13+. The van der Waals surface area contributed by atoms with Crippen molar-refractivity contribution in [2.45, 2.75) is 20.5 Å². The Morgan fingerprint density at radius 2 is 2.00 bits per heavy atom. The first-order valence-electron chi connectivity index (χ1n) is 5.41. The molecule has 18 heavy (non-hydrogen) atoms. The first-order valence-corrected chi connectivity index (χ1v) is 5.41. The predicted molar refractivity (Wildman–Crippen MR) is 69.2 cm³/mol. The molecule has 0 unspecified atom stereocenters. The molecule has 0 atom stereocenters. The maximum Gasteiger partial charge on any atom is 0.187 e. The molecule has 1 aromatic carbocycles. The summed E-state index contributed by atoms with van der Waals surface area (Å²) >= 11 is 0. The Labute approximate surface area is 106 Å². The molecule has 1 aromatic rings. The van der Waals surface area contributed by atoms with Crippen molar-refractivity contribution < 1.29 is 9.68 Å². The summed E-state index contributed by atoms with van der Waals surface area (Å²) in [5, 5.41) is 16.6. The van der Waals surface area contributed by atoms with Gasteiger partial charge in [0, 0.05) is 11.1 Å². The Morgan fingerprint density at radius 1 is 1.28 bits per heavy atom. The van der Waals surface area contributed by atoms with E-state index in [1.807, 2.05) is 38.1 Å². The minimum atomic E-state index is 0.217. The van der Waals surface area contributed by atoms with Gasteiger partial charge in [-0.15, -0.1) is 0 Å². The number of oxime groups is 2. The van der Waals surface area contributed by atoms with Gasteiger partial charge in [-0.1, -0.05) is 34.6 Å². The highest BCUT2D eigenvalue weighted by molar-refractivity contribution is 6.12. The molecule has 0 heterocycles. The quantitative estimate of drug-likeness (QED) is 0.591. The lowest BCUT2D eigenvalue weighted by Crippen LogP contribution is -2.04. The van der Waals surface area contributed by atoms with Crippen molar-refractivity contribution in [1.82, 2.24) is 0 Å². The molecule has 0 saturated heterocycles. The van der Waals surface area contributed by atoms with E-state index in [9.17, 15) is 0 Å². The van der Waals surface area contributed by atoms with Crippen LogP contribution >= 0.6 is 0 Å². The Kier molecular flexibility index (Phi) is 5.39. The fourth-order valence-electron chi connectivity index (χ4n) is 1.33. The number of nitriles is 1. The van der Waals surface area contributed by atoms with Gasteiger partial charge < -0.3 is 9.68 Å². The van der Waals surface area contributed by atoms with Crippen molar-refractivity contribution in [3.05, 3.63) is 35.4 Å². The smallest absolute Gasteiger partial charge is 0.187 e. The van der Waals surface area contributed by atoms with E-state index in [2.05, 4.69) is 15.1 Å². The number of benzene rings is 1. The summed E-state index contributed by atoms with van der Waals surface area (Å²) in [6, 6.07) is 9.34. The minimum Gasteiger partial charge on any atom is -0.398 e. The topological polar surface area (TPSA) is 67.0 Å². The lowest BCUT2D eigenvalue weighted by molar-refractivity contribution is 0.130. The Bertz CT molecular complexity index is 497. The lowest BCUT2D eigenvalue weighted by Gasteiger charge is -2.06. The van der Waals surface area contributed by atoms with Gasteiger partial charge in [-0.3, -0.25) is 0 Å². The largest absolute Gasteiger partial charge is 0.398 e. The monoisotopic (exact) mass is 245 g/mol. The van der Waals surface area contributed by atoms with Gasteiger partial charge >= 0.3 is 0 Å². The fourth-order valence-corrected chi connectivity index (χ4v) is 1.33. The first-order chi connectivity index (χ1) is 8.69. The summed E-state index contributed by atoms with van der Waals surface area (Å²) in [6.45, 7) is 3.98. The summed E-state index contributed by atoms with van der Waals surface area (Å²) in [6.07, 6.45) is 0. The summed E-state index contributed by atoms with van der Waals surface area (Å²) < 4.78 is 0. The van der Waals surface area contributed by atoms with Crippen LogP contribution in [0.2, 0.25) is 0 Å². The normalized spacial score (nSPS) is 10.4. The van der Waals surface area contributed by atoms with Crippen LogP contribution in [-0.4, -0.2) is 18.5 Å². The van der Waals surface area contributed by atoms with Gasteiger partial charge in [0.2, 0.25) is 0 Å². The van der Waals surface area contributed by atoms with Gasteiger partial charge in [0.05, 0.1) is 5.71 Å². The second-order valence-electron chi connectivity index (χ2n) is 3.70. The predicted octanol–water partition coefficient (Wildman–Crippen LogP) is 2.47. The van der Waals surface area contributed by atoms with Crippen molar-refractivity contribution in [3.63, 3.8) is 0 Å². The molecule has 5 nitrogen and oxygen atoms in total. The summed E-state index contributed by atoms with van der Waals surface area (Å²) in [5.41, 5.74) is 2.57. The molecule has 0 spiro atoms. The molecule has 0 fully saturated rings. The molecule has 0 saturated carbocycles. The summed E-state index contributed by atoms with van der Waals surface area (Å²) in [4.78, 5) is 9.82. The van der Waals surface area contributed by atoms with Gasteiger partial charge in [0.1, 0.15) is 19.8 Å². The van der Waals surface area contributed by atoms with E-state index in [4.69, 9.17) is 10.1 Å².